The van der Waals surface area contributed by atoms with Crippen molar-refractivity contribution >= 4 is 6.29 Å². The van der Waals surface area contributed by atoms with E-state index in [0.29, 0.717) is 0 Å². The lowest BCUT2D eigenvalue weighted by atomic mass is 10.2. The van der Waals surface area contributed by atoms with Crippen LogP contribution in [0.25, 0.3) is 0 Å². The number of aldehydes is 1. The second kappa shape index (κ2) is 3.92. The number of hydrogen-bond acceptors (Lipinski definition) is 1. The average molecular weight is 202 g/mol. The summed E-state index contributed by atoms with van der Waals surface area (Å²) in [4.78, 5) is 9.76. The molecule has 0 amide bonds. The Balaban J connectivity index is 3.46. The van der Waals surface area contributed by atoms with Crippen LogP contribution in [0.15, 0.2) is 6.07 Å². The SMILES string of the molecule is O=CC#Cc1c(F)c(F)cc(F)c1F. The van der Waals surface area contributed by atoms with Crippen LogP contribution < -0.4 is 0 Å². The van der Waals surface area contributed by atoms with Crippen molar-refractivity contribution in [1.82, 2.24) is 0 Å². The Morgan fingerprint density at radius 2 is 1.57 bits per heavy atom. The molecular weight excluding hydrogens is 200 g/mol. The fraction of sp³-hybridized carbons (Fsp3) is 0. The lowest BCUT2D eigenvalue weighted by molar-refractivity contribution is -0.103. The lowest BCUT2D eigenvalue weighted by Crippen LogP contribution is -1.98. The Morgan fingerprint density at radius 3 is 2.00 bits per heavy atom. The molecule has 0 spiro atoms. The molecule has 0 saturated heterocycles. The van der Waals surface area contributed by atoms with Crippen LogP contribution in [-0.4, -0.2) is 6.29 Å². The fourth-order valence-corrected chi connectivity index (χ4v) is 0.785. The molecule has 0 fully saturated rings. The van der Waals surface area contributed by atoms with Gasteiger partial charge in [-0.15, -0.1) is 0 Å². The zero-order valence-corrected chi connectivity index (χ0v) is 6.57. The first-order chi connectivity index (χ1) is 6.57. The monoisotopic (exact) mass is 202 g/mol. The third kappa shape index (κ3) is 1.74. The zero-order chi connectivity index (χ0) is 10.7. The van der Waals surface area contributed by atoms with Crippen LogP contribution in [0.2, 0.25) is 0 Å². The largest absolute Gasteiger partial charge is 0.289 e. The van der Waals surface area contributed by atoms with Crippen LogP contribution in [0.5, 0.6) is 0 Å². The summed E-state index contributed by atoms with van der Waals surface area (Å²) in [6.07, 6.45) is 0.0572. The molecule has 1 aromatic rings. The van der Waals surface area contributed by atoms with E-state index < -0.39 is 28.8 Å². The van der Waals surface area contributed by atoms with Gasteiger partial charge in [-0.1, -0.05) is 5.92 Å². The minimum atomic E-state index is -1.61. The molecule has 0 atom stereocenters. The summed E-state index contributed by atoms with van der Waals surface area (Å²) in [6, 6.07) is 0.0662. The van der Waals surface area contributed by atoms with Gasteiger partial charge in [0.15, 0.2) is 29.6 Å². The van der Waals surface area contributed by atoms with Crippen molar-refractivity contribution in [3.05, 3.63) is 34.9 Å². The summed E-state index contributed by atoms with van der Waals surface area (Å²) in [5.41, 5.74) is -1.09. The quantitative estimate of drug-likeness (QED) is 0.271. The Morgan fingerprint density at radius 1 is 1.07 bits per heavy atom. The predicted molar refractivity (Wildman–Crippen MR) is 39.2 cm³/mol. The maximum absolute atomic E-state index is 12.8. The zero-order valence-electron chi connectivity index (χ0n) is 6.57. The second-order valence-electron chi connectivity index (χ2n) is 2.23. The summed E-state index contributed by atoms with van der Waals surface area (Å²) < 4.78 is 50.6. The summed E-state index contributed by atoms with van der Waals surface area (Å²) in [5, 5.41) is 0. The molecule has 0 heterocycles. The van der Waals surface area contributed by atoms with Gasteiger partial charge in [0.25, 0.3) is 0 Å². The summed E-state index contributed by atoms with van der Waals surface area (Å²) in [6.45, 7) is 0. The minimum Gasteiger partial charge on any atom is -0.289 e. The number of rotatable bonds is 0. The third-order valence-corrected chi connectivity index (χ3v) is 1.37. The minimum absolute atomic E-state index is 0.0572. The fourth-order valence-electron chi connectivity index (χ4n) is 0.785. The smallest absolute Gasteiger partial charge is 0.193 e. The summed E-state index contributed by atoms with van der Waals surface area (Å²) in [5.74, 6) is -3.02. The number of carbonyl (C=O) groups is 1. The van der Waals surface area contributed by atoms with E-state index in [9.17, 15) is 22.4 Å². The van der Waals surface area contributed by atoms with Crippen molar-refractivity contribution in [2.45, 2.75) is 0 Å². The molecule has 0 aromatic heterocycles. The van der Waals surface area contributed by atoms with Crippen molar-refractivity contribution in [1.29, 1.82) is 0 Å². The van der Waals surface area contributed by atoms with Crippen LogP contribution in [0.1, 0.15) is 5.56 Å². The molecule has 0 bridgehead atoms. The molecule has 0 N–H and O–H groups in total. The number of hydrogen-bond donors (Lipinski definition) is 0. The molecule has 0 aliphatic carbocycles. The van der Waals surface area contributed by atoms with Gasteiger partial charge >= 0.3 is 0 Å². The van der Waals surface area contributed by atoms with Gasteiger partial charge in [0.2, 0.25) is 0 Å². The highest BCUT2D eigenvalue weighted by molar-refractivity contribution is 5.74. The molecule has 0 unspecified atom stereocenters. The molecule has 72 valence electrons. The summed E-state index contributed by atoms with van der Waals surface area (Å²) >= 11 is 0. The van der Waals surface area contributed by atoms with E-state index in [4.69, 9.17) is 0 Å². The van der Waals surface area contributed by atoms with E-state index >= 15 is 0 Å². The number of halogens is 4. The normalized spacial score (nSPS) is 9.14. The molecular formula is C9H2F4O. The number of carbonyl (C=O) groups excluding carboxylic acids is 1. The Hall–Kier alpha value is -1.83. The van der Waals surface area contributed by atoms with Gasteiger partial charge in [-0.25, -0.2) is 17.6 Å². The Kier molecular flexibility index (Phi) is 2.87. The Labute approximate surface area is 76.3 Å². The highest BCUT2D eigenvalue weighted by Gasteiger charge is 2.17. The van der Waals surface area contributed by atoms with E-state index in [1.54, 1.807) is 11.8 Å². The van der Waals surface area contributed by atoms with Gasteiger partial charge in [-0.3, -0.25) is 4.79 Å². The van der Waals surface area contributed by atoms with E-state index in [1.807, 2.05) is 0 Å². The topological polar surface area (TPSA) is 17.1 Å². The van der Waals surface area contributed by atoms with Gasteiger partial charge in [0, 0.05) is 6.07 Å². The van der Waals surface area contributed by atoms with Crippen LogP contribution in [0.4, 0.5) is 17.6 Å². The Bertz CT molecular complexity index is 416. The van der Waals surface area contributed by atoms with Crippen molar-refractivity contribution in [3.8, 4) is 11.8 Å². The van der Waals surface area contributed by atoms with Gasteiger partial charge in [-0.05, 0) is 5.92 Å². The van der Waals surface area contributed by atoms with Gasteiger partial charge < -0.3 is 0 Å². The molecule has 0 saturated carbocycles. The highest BCUT2D eigenvalue weighted by atomic mass is 19.2. The van der Waals surface area contributed by atoms with Crippen LogP contribution >= 0.6 is 0 Å². The van der Waals surface area contributed by atoms with E-state index in [0.717, 1.165) is 0 Å². The molecule has 1 rings (SSSR count). The van der Waals surface area contributed by atoms with Crippen LogP contribution in [0, 0.1) is 35.1 Å². The molecule has 0 aliphatic rings. The first-order valence-corrected chi connectivity index (χ1v) is 3.36. The third-order valence-electron chi connectivity index (χ3n) is 1.37. The average Bonchev–Trinajstić information content (AvgIpc) is 2.15. The second-order valence-corrected chi connectivity index (χ2v) is 2.23. The van der Waals surface area contributed by atoms with Gasteiger partial charge in [-0.2, -0.15) is 0 Å². The van der Waals surface area contributed by atoms with E-state index in [-0.39, 0.29) is 12.4 Å². The maximum atomic E-state index is 12.8. The van der Waals surface area contributed by atoms with Gasteiger partial charge in [0.05, 0.1) is 0 Å². The van der Waals surface area contributed by atoms with Crippen molar-refractivity contribution < 1.29 is 22.4 Å². The molecule has 1 nitrogen and oxygen atoms in total. The van der Waals surface area contributed by atoms with Crippen LogP contribution in [-0.2, 0) is 4.79 Å². The molecule has 0 aliphatic heterocycles. The molecule has 14 heavy (non-hydrogen) atoms. The van der Waals surface area contributed by atoms with E-state index in [1.165, 1.54) is 0 Å². The standard InChI is InChI=1S/C9H2F4O/c10-6-4-7(11)9(13)5(8(6)12)2-1-3-14/h3-4H. The lowest BCUT2D eigenvalue weighted by Gasteiger charge is -1.99. The van der Waals surface area contributed by atoms with Crippen LogP contribution in [0.3, 0.4) is 0 Å². The number of benzene rings is 1. The predicted octanol–water partition coefficient (Wildman–Crippen LogP) is 1.79. The summed E-state index contributed by atoms with van der Waals surface area (Å²) in [7, 11) is 0. The van der Waals surface area contributed by atoms with Gasteiger partial charge in [0.1, 0.15) is 5.56 Å². The molecule has 5 heteroatoms. The van der Waals surface area contributed by atoms with E-state index in [2.05, 4.69) is 0 Å². The van der Waals surface area contributed by atoms with Crippen molar-refractivity contribution in [3.63, 3.8) is 0 Å². The van der Waals surface area contributed by atoms with Crippen molar-refractivity contribution in [2.75, 3.05) is 0 Å². The first-order valence-electron chi connectivity index (χ1n) is 3.36. The molecule has 0 radical (unpaired) electrons. The molecule has 1 aromatic carbocycles. The van der Waals surface area contributed by atoms with Crippen molar-refractivity contribution in [2.24, 2.45) is 0 Å². The maximum Gasteiger partial charge on any atom is 0.193 e. The highest BCUT2D eigenvalue weighted by Crippen LogP contribution is 2.17. The first kappa shape index (κ1) is 10.3.